The standard InChI is InChI=1S/C11H18O2/c1-4-8-11(2,3)9-6-5-7-10(12)13/h4-5,7-8H2,1-3H3,(H,12,13). The van der Waals surface area contributed by atoms with E-state index in [1.54, 1.807) is 0 Å². The number of rotatable bonds is 4. The lowest BCUT2D eigenvalue weighted by Crippen LogP contribution is -2.06. The average molecular weight is 182 g/mol. The Morgan fingerprint density at radius 1 is 1.46 bits per heavy atom. The molecule has 0 heterocycles. The molecule has 0 saturated carbocycles. The highest BCUT2D eigenvalue weighted by atomic mass is 16.4. The van der Waals surface area contributed by atoms with Gasteiger partial charge in [0, 0.05) is 11.8 Å². The number of carboxylic acids is 1. The molecule has 0 aromatic carbocycles. The van der Waals surface area contributed by atoms with Crippen molar-refractivity contribution in [3.63, 3.8) is 0 Å². The maximum atomic E-state index is 10.2. The molecule has 0 fully saturated rings. The molecule has 2 heteroatoms. The summed E-state index contributed by atoms with van der Waals surface area (Å²) >= 11 is 0. The Labute approximate surface area is 80.3 Å². The molecule has 0 amide bonds. The van der Waals surface area contributed by atoms with Gasteiger partial charge in [-0.1, -0.05) is 19.3 Å². The van der Waals surface area contributed by atoms with Gasteiger partial charge in [-0.15, -0.1) is 5.92 Å². The predicted molar refractivity (Wildman–Crippen MR) is 53.3 cm³/mol. The van der Waals surface area contributed by atoms with E-state index in [4.69, 9.17) is 5.11 Å². The van der Waals surface area contributed by atoms with E-state index < -0.39 is 5.97 Å². The first-order valence-electron chi connectivity index (χ1n) is 4.70. The minimum Gasteiger partial charge on any atom is -0.481 e. The van der Waals surface area contributed by atoms with E-state index in [9.17, 15) is 4.79 Å². The van der Waals surface area contributed by atoms with E-state index in [-0.39, 0.29) is 11.8 Å². The molecule has 0 saturated heterocycles. The lowest BCUT2D eigenvalue weighted by atomic mass is 9.89. The van der Waals surface area contributed by atoms with Crippen molar-refractivity contribution in [2.75, 3.05) is 0 Å². The first-order chi connectivity index (χ1) is 5.98. The Morgan fingerprint density at radius 2 is 2.08 bits per heavy atom. The molecular formula is C11H18O2. The van der Waals surface area contributed by atoms with E-state index in [0.29, 0.717) is 6.42 Å². The van der Waals surface area contributed by atoms with E-state index in [0.717, 1.165) is 12.8 Å². The summed E-state index contributed by atoms with van der Waals surface area (Å²) in [6.45, 7) is 6.30. The van der Waals surface area contributed by atoms with Crippen molar-refractivity contribution in [2.45, 2.75) is 46.5 Å². The Morgan fingerprint density at radius 3 is 2.54 bits per heavy atom. The lowest BCUT2D eigenvalue weighted by Gasteiger charge is -2.15. The van der Waals surface area contributed by atoms with Crippen LogP contribution in [0.25, 0.3) is 0 Å². The Bertz CT molecular complexity index is 218. The van der Waals surface area contributed by atoms with Crippen molar-refractivity contribution in [2.24, 2.45) is 5.41 Å². The van der Waals surface area contributed by atoms with Crippen LogP contribution in [-0.4, -0.2) is 11.1 Å². The van der Waals surface area contributed by atoms with Crippen LogP contribution >= 0.6 is 0 Å². The van der Waals surface area contributed by atoms with Gasteiger partial charge in [0.05, 0.1) is 6.42 Å². The smallest absolute Gasteiger partial charge is 0.304 e. The van der Waals surface area contributed by atoms with Crippen molar-refractivity contribution in [3.05, 3.63) is 0 Å². The number of hydrogen-bond acceptors (Lipinski definition) is 1. The first-order valence-corrected chi connectivity index (χ1v) is 4.70. The fraction of sp³-hybridized carbons (Fsp3) is 0.727. The zero-order chi connectivity index (χ0) is 10.3. The number of carboxylic acid groups (broad SMARTS) is 1. The van der Waals surface area contributed by atoms with Gasteiger partial charge >= 0.3 is 5.97 Å². The molecule has 0 rings (SSSR count). The summed E-state index contributed by atoms with van der Waals surface area (Å²) in [5.41, 5.74) is 0.0350. The number of hydrogen-bond donors (Lipinski definition) is 1. The molecule has 0 aliphatic heterocycles. The normalized spacial score (nSPS) is 10.4. The summed E-state index contributed by atoms with van der Waals surface area (Å²) in [6.07, 6.45) is 2.78. The topological polar surface area (TPSA) is 37.3 Å². The van der Waals surface area contributed by atoms with Gasteiger partial charge in [0.2, 0.25) is 0 Å². The van der Waals surface area contributed by atoms with E-state index in [2.05, 4.69) is 32.6 Å². The van der Waals surface area contributed by atoms with Crippen LogP contribution < -0.4 is 0 Å². The largest absolute Gasteiger partial charge is 0.481 e. The summed E-state index contributed by atoms with van der Waals surface area (Å²) in [5.74, 6) is 5.24. The third-order valence-corrected chi connectivity index (χ3v) is 1.77. The van der Waals surface area contributed by atoms with Crippen LogP contribution in [0.15, 0.2) is 0 Å². The second-order valence-electron chi connectivity index (χ2n) is 3.83. The van der Waals surface area contributed by atoms with Crippen molar-refractivity contribution < 1.29 is 9.90 Å². The summed E-state index contributed by atoms with van der Waals surface area (Å²) in [5, 5.41) is 8.38. The van der Waals surface area contributed by atoms with Gasteiger partial charge in [0.1, 0.15) is 0 Å². The molecule has 0 bridgehead atoms. The molecule has 0 aromatic heterocycles. The summed E-state index contributed by atoms with van der Waals surface area (Å²) < 4.78 is 0. The van der Waals surface area contributed by atoms with Crippen molar-refractivity contribution in [3.8, 4) is 11.8 Å². The zero-order valence-corrected chi connectivity index (χ0v) is 8.68. The van der Waals surface area contributed by atoms with Crippen molar-refractivity contribution in [1.29, 1.82) is 0 Å². The molecule has 0 atom stereocenters. The van der Waals surface area contributed by atoms with Crippen molar-refractivity contribution >= 4 is 5.97 Å². The lowest BCUT2D eigenvalue weighted by molar-refractivity contribution is -0.136. The highest BCUT2D eigenvalue weighted by Gasteiger charge is 2.11. The van der Waals surface area contributed by atoms with Crippen molar-refractivity contribution in [1.82, 2.24) is 0 Å². The van der Waals surface area contributed by atoms with Crippen LogP contribution in [0.3, 0.4) is 0 Å². The van der Waals surface area contributed by atoms with Crippen LogP contribution in [0.2, 0.25) is 0 Å². The summed E-state index contributed by atoms with van der Waals surface area (Å²) in [6, 6.07) is 0. The molecule has 13 heavy (non-hydrogen) atoms. The molecule has 0 spiro atoms. The van der Waals surface area contributed by atoms with E-state index in [1.165, 1.54) is 0 Å². The SMILES string of the molecule is CCCC(C)(C)C#CCCC(=O)O. The van der Waals surface area contributed by atoms with Gasteiger partial charge in [0.25, 0.3) is 0 Å². The number of carbonyl (C=O) groups is 1. The maximum Gasteiger partial charge on any atom is 0.304 e. The van der Waals surface area contributed by atoms with E-state index >= 15 is 0 Å². The fourth-order valence-electron chi connectivity index (χ4n) is 1.16. The van der Waals surface area contributed by atoms with Crippen LogP contribution in [0, 0.1) is 17.3 Å². The van der Waals surface area contributed by atoms with Gasteiger partial charge in [-0.05, 0) is 20.3 Å². The second-order valence-corrected chi connectivity index (χ2v) is 3.83. The maximum absolute atomic E-state index is 10.2. The quantitative estimate of drug-likeness (QED) is 0.679. The summed E-state index contributed by atoms with van der Waals surface area (Å²) in [7, 11) is 0. The van der Waals surface area contributed by atoms with Crippen LogP contribution in [0.5, 0.6) is 0 Å². The highest BCUT2D eigenvalue weighted by molar-refractivity contribution is 5.67. The Balaban J connectivity index is 3.86. The fourth-order valence-corrected chi connectivity index (χ4v) is 1.16. The monoisotopic (exact) mass is 182 g/mol. The molecule has 0 aliphatic carbocycles. The summed E-state index contributed by atoms with van der Waals surface area (Å²) in [4.78, 5) is 10.2. The molecule has 0 radical (unpaired) electrons. The van der Waals surface area contributed by atoms with E-state index in [1.807, 2.05) is 0 Å². The Hall–Kier alpha value is -0.970. The zero-order valence-electron chi connectivity index (χ0n) is 8.68. The third kappa shape index (κ3) is 7.39. The van der Waals surface area contributed by atoms with Gasteiger partial charge in [-0.2, -0.15) is 0 Å². The molecule has 0 aromatic rings. The molecule has 1 N–H and O–H groups in total. The third-order valence-electron chi connectivity index (χ3n) is 1.77. The molecule has 2 nitrogen and oxygen atoms in total. The van der Waals surface area contributed by atoms with Crippen LogP contribution in [0.4, 0.5) is 0 Å². The van der Waals surface area contributed by atoms with Crippen LogP contribution in [-0.2, 0) is 4.79 Å². The molecule has 0 unspecified atom stereocenters. The van der Waals surface area contributed by atoms with Gasteiger partial charge in [0.15, 0.2) is 0 Å². The van der Waals surface area contributed by atoms with Gasteiger partial charge < -0.3 is 5.11 Å². The minimum atomic E-state index is -0.775. The minimum absolute atomic E-state index is 0.0350. The first kappa shape index (κ1) is 12.0. The van der Waals surface area contributed by atoms with Gasteiger partial charge in [-0.3, -0.25) is 4.79 Å². The highest BCUT2D eigenvalue weighted by Crippen LogP contribution is 2.20. The number of aliphatic carboxylic acids is 1. The molecule has 74 valence electrons. The van der Waals surface area contributed by atoms with Crippen LogP contribution in [0.1, 0.15) is 46.5 Å². The van der Waals surface area contributed by atoms with Gasteiger partial charge in [-0.25, -0.2) is 0 Å². The predicted octanol–water partition coefficient (Wildman–Crippen LogP) is 2.68. The molecule has 0 aliphatic rings. The second kappa shape index (κ2) is 5.64. The average Bonchev–Trinajstić information content (AvgIpc) is 1.98. The molecular weight excluding hydrogens is 164 g/mol. The Kier molecular flexibility index (Phi) is 5.22.